The summed E-state index contributed by atoms with van der Waals surface area (Å²) in [5.41, 5.74) is 4.37. The Kier molecular flexibility index (Phi) is 4.90. The number of fused-ring (bicyclic) bond motifs is 1. The molecule has 0 aliphatic carbocycles. The summed E-state index contributed by atoms with van der Waals surface area (Å²) in [6.07, 6.45) is 0. The Morgan fingerprint density at radius 2 is 1.78 bits per heavy atom. The number of amides is 2. The third kappa shape index (κ3) is 4.01. The van der Waals surface area contributed by atoms with Gasteiger partial charge in [-0.15, -0.1) is 0 Å². The fourth-order valence-corrected chi connectivity index (χ4v) is 3.55. The lowest BCUT2D eigenvalue weighted by molar-refractivity contribution is 0.143. The zero-order chi connectivity index (χ0) is 18.8. The number of anilines is 1. The van der Waals surface area contributed by atoms with E-state index in [4.69, 9.17) is 9.47 Å². The van der Waals surface area contributed by atoms with Gasteiger partial charge in [0.25, 0.3) is 0 Å². The van der Waals surface area contributed by atoms with Crippen LogP contribution in [0.3, 0.4) is 0 Å². The molecule has 0 unspecified atom stereocenters. The second-order valence-corrected chi connectivity index (χ2v) is 7.20. The molecule has 1 saturated heterocycles. The van der Waals surface area contributed by atoms with E-state index in [1.54, 1.807) is 0 Å². The third-order valence-corrected chi connectivity index (χ3v) is 5.13. The Bertz CT molecular complexity index is 845. The van der Waals surface area contributed by atoms with Crippen molar-refractivity contribution in [2.75, 3.05) is 38.3 Å². The lowest BCUT2D eigenvalue weighted by Gasteiger charge is -2.34. The van der Waals surface area contributed by atoms with Crippen LogP contribution in [0.4, 0.5) is 10.5 Å². The van der Waals surface area contributed by atoms with Crippen molar-refractivity contribution >= 4 is 11.7 Å². The van der Waals surface area contributed by atoms with Gasteiger partial charge >= 0.3 is 6.03 Å². The van der Waals surface area contributed by atoms with E-state index < -0.39 is 0 Å². The van der Waals surface area contributed by atoms with Gasteiger partial charge in [-0.25, -0.2) is 4.79 Å². The van der Waals surface area contributed by atoms with Gasteiger partial charge in [-0.05, 0) is 43.2 Å². The molecule has 27 heavy (non-hydrogen) atoms. The number of urea groups is 1. The molecule has 0 spiro atoms. The lowest BCUT2D eigenvalue weighted by atomic mass is 10.1. The van der Waals surface area contributed by atoms with Crippen LogP contribution in [0.25, 0.3) is 0 Å². The predicted octanol–water partition coefficient (Wildman–Crippen LogP) is 3.38. The summed E-state index contributed by atoms with van der Waals surface area (Å²) in [5.74, 6) is 1.63. The smallest absolute Gasteiger partial charge is 0.321 e. The molecule has 2 amide bonds. The van der Waals surface area contributed by atoms with Crippen LogP contribution in [0.1, 0.15) is 16.7 Å². The van der Waals surface area contributed by atoms with Gasteiger partial charge in [-0.1, -0.05) is 23.8 Å². The highest BCUT2D eigenvalue weighted by Gasteiger charge is 2.22. The van der Waals surface area contributed by atoms with Gasteiger partial charge in [-0.2, -0.15) is 0 Å². The van der Waals surface area contributed by atoms with E-state index in [0.717, 1.165) is 55.5 Å². The second-order valence-electron chi connectivity index (χ2n) is 7.20. The highest BCUT2D eigenvalue weighted by molar-refractivity contribution is 5.90. The Balaban J connectivity index is 1.30. The molecule has 2 aliphatic rings. The van der Waals surface area contributed by atoms with E-state index in [-0.39, 0.29) is 6.03 Å². The van der Waals surface area contributed by atoms with Crippen LogP contribution in [-0.4, -0.2) is 48.8 Å². The van der Waals surface area contributed by atoms with Crippen molar-refractivity contribution in [3.8, 4) is 11.5 Å². The van der Waals surface area contributed by atoms with Crippen molar-refractivity contribution in [2.45, 2.75) is 20.4 Å². The minimum atomic E-state index is -0.0234. The van der Waals surface area contributed by atoms with Crippen LogP contribution in [0, 0.1) is 13.8 Å². The number of carbonyl (C=O) groups is 1. The molecular formula is C21H25N3O3. The Morgan fingerprint density at radius 3 is 2.56 bits per heavy atom. The van der Waals surface area contributed by atoms with Crippen LogP contribution in [0.2, 0.25) is 0 Å². The van der Waals surface area contributed by atoms with Gasteiger partial charge in [0.05, 0.1) is 0 Å². The normalized spacial score (nSPS) is 16.4. The highest BCUT2D eigenvalue weighted by atomic mass is 16.7. The van der Waals surface area contributed by atoms with Crippen molar-refractivity contribution < 1.29 is 14.3 Å². The number of ether oxygens (including phenoxy) is 2. The molecule has 0 aromatic heterocycles. The summed E-state index contributed by atoms with van der Waals surface area (Å²) in [7, 11) is 0. The Labute approximate surface area is 159 Å². The van der Waals surface area contributed by atoms with Crippen molar-refractivity contribution in [3.63, 3.8) is 0 Å². The van der Waals surface area contributed by atoms with Crippen molar-refractivity contribution in [1.29, 1.82) is 0 Å². The first-order valence-corrected chi connectivity index (χ1v) is 9.32. The molecule has 0 radical (unpaired) electrons. The molecule has 1 N–H and O–H groups in total. The molecule has 0 atom stereocenters. The molecule has 0 bridgehead atoms. The van der Waals surface area contributed by atoms with Crippen molar-refractivity contribution in [1.82, 2.24) is 9.80 Å². The number of carbonyl (C=O) groups excluding carboxylic acids is 1. The lowest BCUT2D eigenvalue weighted by Crippen LogP contribution is -2.49. The highest BCUT2D eigenvalue weighted by Crippen LogP contribution is 2.32. The summed E-state index contributed by atoms with van der Waals surface area (Å²) in [6, 6.07) is 12.1. The average molecular weight is 367 g/mol. The summed E-state index contributed by atoms with van der Waals surface area (Å²) < 4.78 is 10.8. The van der Waals surface area contributed by atoms with Gasteiger partial charge in [0, 0.05) is 38.4 Å². The third-order valence-electron chi connectivity index (χ3n) is 5.13. The quantitative estimate of drug-likeness (QED) is 0.904. The molecule has 0 saturated carbocycles. The van der Waals surface area contributed by atoms with Crippen molar-refractivity contribution in [2.24, 2.45) is 0 Å². The summed E-state index contributed by atoms with van der Waals surface area (Å²) in [4.78, 5) is 16.8. The zero-order valence-corrected chi connectivity index (χ0v) is 15.8. The Hall–Kier alpha value is -2.73. The minimum Gasteiger partial charge on any atom is -0.454 e. The molecule has 4 rings (SSSR count). The largest absolute Gasteiger partial charge is 0.454 e. The number of nitrogens with zero attached hydrogens (tertiary/aromatic N) is 2. The van der Waals surface area contributed by atoms with Gasteiger partial charge in [0.1, 0.15) is 0 Å². The van der Waals surface area contributed by atoms with Crippen LogP contribution in [0.15, 0.2) is 36.4 Å². The molecule has 6 heteroatoms. The van der Waals surface area contributed by atoms with Gasteiger partial charge in [0.2, 0.25) is 6.79 Å². The first kappa shape index (κ1) is 17.7. The number of aryl methyl sites for hydroxylation is 2. The molecule has 2 aliphatic heterocycles. The monoisotopic (exact) mass is 367 g/mol. The van der Waals surface area contributed by atoms with E-state index in [2.05, 4.69) is 29.3 Å². The zero-order valence-electron chi connectivity index (χ0n) is 15.8. The number of rotatable bonds is 3. The molecule has 142 valence electrons. The van der Waals surface area contributed by atoms with E-state index in [0.29, 0.717) is 6.79 Å². The van der Waals surface area contributed by atoms with E-state index in [1.165, 1.54) is 11.1 Å². The molecule has 2 aromatic rings. The fourth-order valence-electron chi connectivity index (χ4n) is 3.55. The van der Waals surface area contributed by atoms with Gasteiger partial charge < -0.3 is 19.7 Å². The first-order chi connectivity index (χ1) is 13.1. The average Bonchev–Trinajstić information content (AvgIpc) is 3.12. The van der Waals surface area contributed by atoms with E-state index >= 15 is 0 Å². The standard InChI is InChI=1S/C21H25N3O3/c1-15-3-5-18(16(2)11-15)22-21(25)24-9-7-23(8-10-24)13-17-4-6-19-20(12-17)27-14-26-19/h3-6,11-12H,7-10,13-14H2,1-2H3,(H,22,25). The number of nitrogens with one attached hydrogen (secondary N) is 1. The molecule has 6 nitrogen and oxygen atoms in total. The van der Waals surface area contributed by atoms with Crippen LogP contribution in [0.5, 0.6) is 11.5 Å². The molecule has 1 fully saturated rings. The maximum atomic E-state index is 12.6. The molecule has 2 heterocycles. The predicted molar refractivity (Wildman–Crippen MR) is 104 cm³/mol. The van der Waals surface area contributed by atoms with Crippen LogP contribution >= 0.6 is 0 Å². The van der Waals surface area contributed by atoms with Crippen LogP contribution < -0.4 is 14.8 Å². The number of piperazine rings is 1. The first-order valence-electron chi connectivity index (χ1n) is 9.32. The number of hydrogen-bond donors (Lipinski definition) is 1. The number of benzene rings is 2. The van der Waals surface area contributed by atoms with E-state index in [1.807, 2.05) is 36.1 Å². The molecule has 2 aromatic carbocycles. The summed E-state index contributed by atoms with van der Waals surface area (Å²) in [5, 5.41) is 3.04. The maximum absolute atomic E-state index is 12.6. The summed E-state index contributed by atoms with van der Waals surface area (Å²) >= 11 is 0. The Morgan fingerprint density at radius 1 is 1.00 bits per heavy atom. The summed E-state index contributed by atoms with van der Waals surface area (Å²) in [6.45, 7) is 8.38. The van der Waals surface area contributed by atoms with Crippen molar-refractivity contribution in [3.05, 3.63) is 53.1 Å². The fraction of sp³-hybridized carbons (Fsp3) is 0.381. The number of hydrogen-bond acceptors (Lipinski definition) is 4. The SMILES string of the molecule is Cc1ccc(NC(=O)N2CCN(Cc3ccc4c(c3)OCO4)CC2)c(C)c1. The van der Waals surface area contributed by atoms with Gasteiger partial charge in [0.15, 0.2) is 11.5 Å². The van der Waals surface area contributed by atoms with Crippen LogP contribution in [-0.2, 0) is 6.54 Å². The van der Waals surface area contributed by atoms with E-state index in [9.17, 15) is 4.79 Å². The topological polar surface area (TPSA) is 54.0 Å². The molecular weight excluding hydrogens is 342 g/mol. The maximum Gasteiger partial charge on any atom is 0.321 e. The second kappa shape index (κ2) is 7.48. The van der Waals surface area contributed by atoms with Gasteiger partial charge in [-0.3, -0.25) is 4.90 Å². The minimum absolute atomic E-state index is 0.0234.